The first-order chi connectivity index (χ1) is 12.3. The zero-order chi connectivity index (χ0) is 19.0. The van der Waals surface area contributed by atoms with Crippen LogP contribution in [0, 0.1) is 5.92 Å². The van der Waals surface area contributed by atoms with Crippen LogP contribution in [0.25, 0.3) is 0 Å². The van der Waals surface area contributed by atoms with Crippen LogP contribution >= 0.6 is 0 Å². The van der Waals surface area contributed by atoms with Crippen LogP contribution in [-0.4, -0.2) is 36.2 Å². The van der Waals surface area contributed by atoms with Crippen LogP contribution in [-0.2, 0) is 28.6 Å². The van der Waals surface area contributed by atoms with Crippen molar-refractivity contribution in [3.63, 3.8) is 0 Å². The van der Waals surface area contributed by atoms with Gasteiger partial charge in [0.25, 0.3) is 0 Å². The number of allylic oxidation sites excluding steroid dienone is 1. The standard InChI is InChI=1S/C20H22O6/c1-5-11(3)18(21)25-16-9-13-8-14(24-20(13)23)6-10(2)7-15-17(16)12(4)19(22)26-15/h5,7-8,14-17H,4,6,9H2,1-3H3/b10-7-,11-5-/t14-,15-,16+,17?/m1/s1. The molecule has 0 spiro atoms. The first-order valence-electron chi connectivity index (χ1n) is 8.62. The molecule has 0 aromatic carbocycles. The van der Waals surface area contributed by atoms with E-state index < -0.39 is 36.0 Å². The molecule has 0 aromatic heterocycles. The molecule has 0 radical (unpaired) electrons. The van der Waals surface area contributed by atoms with Crippen LogP contribution < -0.4 is 0 Å². The van der Waals surface area contributed by atoms with Gasteiger partial charge in [-0.15, -0.1) is 0 Å². The molecule has 1 aliphatic carbocycles. The van der Waals surface area contributed by atoms with E-state index in [1.54, 1.807) is 26.0 Å². The Kier molecular flexibility index (Phi) is 4.85. The molecule has 6 heteroatoms. The number of rotatable bonds is 2. The monoisotopic (exact) mass is 358 g/mol. The lowest BCUT2D eigenvalue weighted by atomic mass is 9.85. The van der Waals surface area contributed by atoms with Gasteiger partial charge in [-0.3, -0.25) is 0 Å². The Hall–Kier alpha value is -2.63. The van der Waals surface area contributed by atoms with E-state index in [9.17, 15) is 14.4 Å². The molecule has 3 aliphatic rings. The van der Waals surface area contributed by atoms with E-state index in [1.807, 2.05) is 13.0 Å². The molecular weight excluding hydrogens is 336 g/mol. The first kappa shape index (κ1) is 18.2. The van der Waals surface area contributed by atoms with Crippen molar-refractivity contribution in [2.45, 2.75) is 51.9 Å². The van der Waals surface area contributed by atoms with E-state index in [4.69, 9.17) is 14.2 Å². The average Bonchev–Trinajstić information content (AvgIpc) is 3.04. The zero-order valence-corrected chi connectivity index (χ0v) is 15.1. The lowest BCUT2D eigenvalue weighted by molar-refractivity contribution is -0.148. The van der Waals surface area contributed by atoms with Gasteiger partial charge in [-0.25, -0.2) is 14.4 Å². The fourth-order valence-electron chi connectivity index (χ4n) is 3.44. The van der Waals surface area contributed by atoms with Crippen molar-refractivity contribution in [2.24, 2.45) is 5.92 Å². The fourth-order valence-corrected chi connectivity index (χ4v) is 3.44. The van der Waals surface area contributed by atoms with Crippen molar-refractivity contribution < 1.29 is 28.6 Å². The lowest BCUT2D eigenvalue weighted by Crippen LogP contribution is -2.34. The number of hydrogen-bond acceptors (Lipinski definition) is 6. The highest BCUT2D eigenvalue weighted by atomic mass is 16.6. The molecule has 2 heterocycles. The molecule has 0 amide bonds. The molecule has 26 heavy (non-hydrogen) atoms. The third-order valence-electron chi connectivity index (χ3n) is 4.98. The highest BCUT2D eigenvalue weighted by molar-refractivity contribution is 5.93. The van der Waals surface area contributed by atoms with Crippen molar-refractivity contribution in [1.29, 1.82) is 0 Å². The van der Waals surface area contributed by atoms with Crippen molar-refractivity contribution >= 4 is 17.9 Å². The molecular formula is C20H22O6. The summed E-state index contributed by atoms with van der Waals surface area (Å²) in [5.41, 5.74) is 2.07. The Morgan fingerprint density at radius 3 is 2.65 bits per heavy atom. The van der Waals surface area contributed by atoms with E-state index in [1.165, 1.54) is 0 Å². The minimum atomic E-state index is -0.749. The maximum absolute atomic E-state index is 12.3. The van der Waals surface area contributed by atoms with Crippen molar-refractivity contribution in [2.75, 3.05) is 0 Å². The van der Waals surface area contributed by atoms with Crippen molar-refractivity contribution in [3.8, 4) is 0 Å². The summed E-state index contributed by atoms with van der Waals surface area (Å²) in [5, 5.41) is 0. The Labute approximate surface area is 152 Å². The highest BCUT2D eigenvalue weighted by Gasteiger charge is 2.46. The predicted molar refractivity (Wildman–Crippen MR) is 92.8 cm³/mol. The molecule has 4 atom stereocenters. The van der Waals surface area contributed by atoms with Gasteiger partial charge in [0, 0.05) is 29.6 Å². The highest BCUT2D eigenvalue weighted by Crippen LogP contribution is 2.38. The summed E-state index contributed by atoms with van der Waals surface area (Å²) in [6.07, 6.45) is 4.26. The van der Waals surface area contributed by atoms with E-state index in [2.05, 4.69) is 6.58 Å². The van der Waals surface area contributed by atoms with Gasteiger partial charge in [0.2, 0.25) is 0 Å². The Morgan fingerprint density at radius 1 is 1.23 bits per heavy atom. The molecule has 0 aromatic rings. The summed E-state index contributed by atoms with van der Waals surface area (Å²) >= 11 is 0. The van der Waals surface area contributed by atoms with Gasteiger partial charge in [-0.05, 0) is 32.9 Å². The number of hydrogen-bond donors (Lipinski definition) is 0. The quantitative estimate of drug-likeness (QED) is 0.327. The molecule has 1 unspecified atom stereocenters. The second-order valence-electron chi connectivity index (χ2n) is 6.89. The molecule has 3 rings (SSSR count). The summed E-state index contributed by atoms with van der Waals surface area (Å²) in [4.78, 5) is 36.6. The minimum absolute atomic E-state index is 0.155. The average molecular weight is 358 g/mol. The number of ether oxygens (including phenoxy) is 3. The van der Waals surface area contributed by atoms with Crippen LogP contribution in [0.5, 0.6) is 0 Å². The van der Waals surface area contributed by atoms with Gasteiger partial charge in [-0.2, -0.15) is 0 Å². The topological polar surface area (TPSA) is 78.9 Å². The fraction of sp³-hybridized carbons (Fsp3) is 0.450. The summed E-state index contributed by atoms with van der Waals surface area (Å²) in [5.74, 6) is -1.96. The second kappa shape index (κ2) is 6.94. The predicted octanol–water partition coefficient (Wildman–Crippen LogP) is 2.55. The summed E-state index contributed by atoms with van der Waals surface area (Å²) in [7, 11) is 0. The van der Waals surface area contributed by atoms with Crippen LogP contribution in [0.4, 0.5) is 0 Å². The SMILES string of the molecule is C=C1C(=O)O[C@@H]2/C=C(/C)C[C@@H]3C=C(C[C@H](OC(=O)/C(C)=C\C)C12)C(=O)O3. The summed E-state index contributed by atoms with van der Waals surface area (Å²) in [6.45, 7) is 9.10. The summed E-state index contributed by atoms with van der Waals surface area (Å²) < 4.78 is 16.5. The van der Waals surface area contributed by atoms with Gasteiger partial charge in [0.15, 0.2) is 0 Å². The zero-order valence-electron chi connectivity index (χ0n) is 15.1. The Balaban J connectivity index is 2.00. The van der Waals surface area contributed by atoms with Crippen LogP contribution in [0.1, 0.15) is 33.6 Å². The van der Waals surface area contributed by atoms with Crippen molar-refractivity contribution in [1.82, 2.24) is 0 Å². The summed E-state index contributed by atoms with van der Waals surface area (Å²) in [6, 6.07) is 0. The molecule has 0 saturated carbocycles. The van der Waals surface area contributed by atoms with E-state index in [0.717, 1.165) is 5.57 Å². The molecule has 138 valence electrons. The number of carbonyl (C=O) groups excluding carboxylic acids is 3. The van der Waals surface area contributed by atoms with Gasteiger partial charge in [-0.1, -0.05) is 18.2 Å². The lowest BCUT2D eigenvalue weighted by Gasteiger charge is -2.26. The number of carbonyl (C=O) groups is 3. The molecule has 2 bridgehead atoms. The Bertz CT molecular complexity index is 769. The normalized spacial score (nSPS) is 33.5. The molecule has 1 saturated heterocycles. The van der Waals surface area contributed by atoms with Gasteiger partial charge >= 0.3 is 17.9 Å². The van der Waals surface area contributed by atoms with E-state index in [-0.39, 0.29) is 18.1 Å². The van der Waals surface area contributed by atoms with Crippen molar-refractivity contribution in [3.05, 3.63) is 47.1 Å². The van der Waals surface area contributed by atoms with Crippen LogP contribution in [0.15, 0.2) is 47.1 Å². The van der Waals surface area contributed by atoms with Gasteiger partial charge in [0.05, 0.1) is 5.92 Å². The van der Waals surface area contributed by atoms with Crippen LogP contribution in [0.2, 0.25) is 0 Å². The number of esters is 3. The minimum Gasteiger partial charge on any atom is -0.458 e. The molecule has 1 fully saturated rings. The van der Waals surface area contributed by atoms with Gasteiger partial charge in [0.1, 0.15) is 18.3 Å². The van der Waals surface area contributed by atoms with E-state index in [0.29, 0.717) is 17.6 Å². The maximum atomic E-state index is 12.3. The molecule has 6 nitrogen and oxygen atoms in total. The third kappa shape index (κ3) is 3.36. The third-order valence-corrected chi connectivity index (χ3v) is 4.98. The molecule has 2 aliphatic heterocycles. The maximum Gasteiger partial charge on any atom is 0.334 e. The smallest absolute Gasteiger partial charge is 0.334 e. The van der Waals surface area contributed by atoms with Crippen LogP contribution in [0.3, 0.4) is 0 Å². The van der Waals surface area contributed by atoms with Gasteiger partial charge < -0.3 is 14.2 Å². The largest absolute Gasteiger partial charge is 0.458 e. The first-order valence-corrected chi connectivity index (χ1v) is 8.62. The second-order valence-corrected chi connectivity index (χ2v) is 6.89. The Morgan fingerprint density at radius 2 is 1.96 bits per heavy atom. The number of fused-ring (bicyclic) bond motifs is 2. The molecule has 0 N–H and O–H groups in total. The van der Waals surface area contributed by atoms with E-state index >= 15 is 0 Å².